The number of rotatable bonds is 5. The average molecular weight is 455 g/mol. The van der Waals surface area contributed by atoms with Gasteiger partial charge in [0.1, 0.15) is 11.4 Å². The molecule has 0 aliphatic carbocycles. The summed E-state index contributed by atoms with van der Waals surface area (Å²) in [5.74, 6) is -0.139. The molecule has 1 saturated heterocycles. The van der Waals surface area contributed by atoms with E-state index in [0.29, 0.717) is 48.7 Å². The number of ether oxygens (including phenoxy) is 1. The van der Waals surface area contributed by atoms with E-state index in [1.54, 1.807) is 32.6 Å². The van der Waals surface area contributed by atoms with Crippen LogP contribution in [0.2, 0.25) is 0 Å². The first-order valence-electron chi connectivity index (χ1n) is 11.1. The molecule has 3 heterocycles. The molecule has 3 aromatic rings. The fourth-order valence-corrected chi connectivity index (χ4v) is 4.14. The van der Waals surface area contributed by atoms with Gasteiger partial charge in [-0.3, -0.25) is 9.59 Å². The minimum absolute atomic E-state index is 0.0872. The number of aromatic nitrogens is 1. The van der Waals surface area contributed by atoms with Crippen LogP contribution in [0.25, 0.3) is 11.0 Å². The summed E-state index contributed by atoms with van der Waals surface area (Å²) < 4.78 is 27.1. The Balaban J connectivity index is 1.88. The molecule has 1 amide bonds. The molecule has 1 fully saturated rings. The number of amides is 1. The first kappa shape index (κ1) is 22.9. The first-order valence-corrected chi connectivity index (χ1v) is 11.1. The van der Waals surface area contributed by atoms with E-state index >= 15 is 0 Å². The Hall–Kier alpha value is -3.26. The van der Waals surface area contributed by atoms with Crippen molar-refractivity contribution in [3.05, 3.63) is 69.9 Å². The summed E-state index contributed by atoms with van der Waals surface area (Å²) in [7, 11) is 3.35. The van der Waals surface area contributed by atoms with Crippen molar-refractivity contribution in [2.24, 2.45) is 0 Å². The number of pyridine rings is 1. The smallest absolute Gasteiger partial charge is 0.253 e. The average Bonchev–Trinajstić information content (AvgIpc) is 2.83. The lowest BCUT2D eigenvalue weighted by Crippen LogP contribution is -2.40. The predicted octanol–water partition coefficient (Wildman–Crippen LogP) is 3.12. The molecular weight excluding hydrogens is 425 g/mol. The van der Waals surface area contributed by atoms with E-state index < -0.39 is 0 Å². The second kappa shape index (κ2) is 9.31. The van der Waals surface area contributed by atoms with Crippen molar-refractivity contribution in [2.45, 2.75) is 25.8 Å². The molecule has 0 saturated carbocycles. The SMILES string of the molecule is CC(c1cc(C(=O)N(C)C)cc2c(=O)cc(N3CCOCC3)oc12)C(C)[n+]1ccc(F)cc1. The van der Waals surface area contributed by atoms with Crippen LogP contribution in [0.4, 0.5) is 10.3 Å². The molecule has 0 spiro atoms. The Morgan fingerprint density at radius 2 is 1.79 bits per heavy atom. The van der Waals surface area contributed by atoms with Gasteiger partial charge in [0, 0.05) is 62.4 Å². The maximum absolute atomic E-state index is 13.4. The van der Waals surface area contributed by atoms with Gasteiger partial charge < -0.3 is 19.0 Å². The minimum atomic E-state index is -0.309. The molecule has 174 valence electrons. The molecule has 2 unspecified atom stereocenters. The van der Waals surface area contributed by atoms with E-state index in [1.165, 1.54) is 23.1 Å². The van der Waals surface area contributed by atoms with Crippen molar-refractivity contribution in [3.63, 3.8) is 0 Å². The zero-order valence-electron chi connectivity index (χ0n) is 19.4. The van der Waals surface area contributed by atoms with Gasteiger partial charge in [0.25, 0.3) is 5.91 Å². The third-order valence-electron chi connectivity index (χ3n) is 6.32. The third kappa shape index (κ3) is 4.61. The Kier molecular flexibility index (Phi) is 6.47. The topological polar surface area (TPSA) is 66.9 Å². The highest BCUT2D eigenvalue weighted by Crippen LogP contribution is 2.33. The van der Waals surface area contributed by atoms with E-state index in [9.17, 15) is 14.0 Å². The Morgan fingerprint density at radius 1 is 1.12 bits per heavy atom. The molecule has 0 radical (unpaired) electrons. The summed E-state index contributed by atoms with van der Waals surface area (Å²) in [6.45, 7) is 6.44. The summed E-state index contributed by atoms with van der Waals surface area (Å²) in [6.07, 6.45) is 3.37. The number of carbonyl (C=O) groups excluding carboxylic acids is 1. The first-order chi connectivity index (χ1) is 15.8. The van der Waals surface area contributed by atoms with E-state index in [4.69, 9.17) is 9.15 Å². The number of carbonyl (C=O) groups is 1. The fraction of sp³-hybridized carbons (Fsp3) is 0.400. The lowest BCUT2D eigenvalue weighted by molar-refractivity contribution is -0.722. The molecule has 1 aromatic carbocycles. The lowest BCUT2D eigenvalue weighted by atomic mass is 9.90. The van der Waals surface area contributed by atoms with Crippen molar-refractivity contribution in [3.8, 4) is 0 Å². The molecule has 1 aliphatic heterocycles. The maximum Gasteiger partial charge on any atom is 0.253 e. The van der Waals surface area contributed by atoms with Gasteiger partial charge in [0.2, 0.25) is 0 Å². The molecule has 2 aromatic heterocycles. The second-order valence-corrected chi connectivity index (χ2v) is 8.68. The normalized spacial score (nSPS) is 16.0. The van der Waals surface area contributed by atoms with Crippen LogP contribution in [0.1, 0.15) is 41.7 Å². The van der Waals surface area contributed by atoms with Crippen LogP contribution in [0, 0.1) is 5.82 Å². The molecule has 2 atom stereocenters. The Morgan fingerprint density at radius 3 is 2.42 bits per heavy atom. The summed E-state index contributed by atoms with van der Waals surface area (Å²) in [5, 5.41) is 0.373. The number of halogens is 1. The fourth-order valence-electron chi connectivity index (χ4n) is 4.14. The number of hydrogen-bond acceptors (Lipinski definition) is 5. The lowest BCUT2D eigenvalue weighted by Gasteiger charge is -2.27. The minimum Gasteiger partial charge on any atom is -0.440 e. The van der Waals surface area contributed by atoms with Crippen LogP contribution < -0.4 is 14.9 Å². The zero-order valence-corrected chi connectivity index (χ0v) is 19.4. The number of anilines is 1. The molecule has 1 aliphatic rings. The highest BCUT2D eigenvalue weighted by molar-refractivity contribution is 5.98. The second-order valence-electron chi connectivity index (χ2n) is 8.68. The van der Waals surface area contributed by atoms with Crippen LogP contribution in [-0.4, -0.2) is 51.2 Å². The van der Waals surface area contributed by atoms with Crippen LogP contribution >= 0.6 is 0 Å². The third-order valence-corrected chi connectivity index (χ3v) is 6.32. The number of benzene rings is 1. The predicted molar refractivity (Wildman–Crippen MR) is 123 cm³/mol. The van der Waals surface area contributed by atoms with Crippen molar-refractivity contribution >= 4 is 22.8 Å². The van der Waals surface area contributed by atoms with E-state index in [-0.39, 0.29) is 29.1 Å². The molecule has 0 N–H and O–H groups in total. The van der Waals surface area contributed by atoms with Crippen LogP contribution in [0.3, 0.4) is 0 Å². The maximum atomic E-state index is 13.4. The van der Waals surface area contributed by atoms with Gasteiger partial charge in [-0.25, -0.2) is 8.96 Å². The van der Waals surface area contributed by atoms with E-state index in [2.05, 4.69) is 0 Å². The molecular formula is C25H29FN3O4+. The van der Waals surface area contributed by atoms with Gasteiger partial charge in [-0.05, 0) is 19.1 Å². The number of fused-ring (bicyclic) bond motifs is 1. The molecule has 0 bridgehead atoms. The standard InChI is InChI=1S/C25H29FN3O4/c1-16(17(2)28-7-5-19(26)6-8-28)20-13-18(25(31)27(3)4)14-21-22(30)15-23(33-24(20)21)29-9-11-32-12-10-29/h5-8,13-17H,9-12H2,1-4H3/q+1. The van der Waals surface area contributed by atoms with Gasteiger partial charge in [0.05, 0.1) is 18.6 Å². The van der Waals surface area contributed by atoms with Crippen molar-refractivity contribution in [1.29, 1.82) is 0 Å². The van der Waals surface area contributed by atoms with Crippen molar-refractivity contribution in [2.75, 3.05) is 45.3 Å². The summed E-state index contributed by atoms with van der Waals surface area (Å²) in [5.41, 5.74) is 1.47. The van der Waals surface area contributed by atoms with E-state index in [1.807, 2.05) is 29.4 Å². The molecule has 7 nitrogen and oxygen atoms in total. The summed E-state index contributed by atoms with van der Waals surface area (Å²) in [4.78, 5) is 29.4. The highest BCUT2D eigenvalue weighted by atomic mass is 19.1. The Bertz CT molecular complexity index is 1220. The van der Waals surface area contributed by atoms with Gasteiger partial charge in [-0.1, -0.05) is 6.92 Å². The zero-order chi connectivity index (χ0) is 23.7. The quantitative estimate of drug-likeness (QED) is 0.554. The van der Waals surface area contributed by atoms with Gasteiger partial charge in [0.15, 0.2) is 29.7 Å². The van der Waals surface area contributed by atoms with Gasteiger partial charge in [-0.2, -0.15) is 0 Å². The summed E-state index contributed by atoms with van der Waals surface area (Å²) >= 11 is 0. The van der Waals surface area contributed by atoms with Crippen molar-refractivity contribution < 1.29 is 22.9 Å². The van der Waals surface area contributed by atoms with Crippen LogP contribution in [-0.2, 0) is 4.74 Å². The molecule has 8 heteroatoms. The highest BCUT2D eigenvalue weighted by Gasteiger charge is 2.28. The van der Waals surface area contributed by atoms with E-state index in [0.717, 1.165) is 5.56 Å². The summed E-state index contributed by atoms with van der Waals surface area (Å²) in [6, 6.07) is 7.63. The molecule has 33 heavy (non-hydrogen) atoms. The van der Waals surface area contributed by atoms with Crippen LogP contribution in [0.15, 0.2) is 51.9 Å². The largest absolute Gasteiger partial charge is 0.440 e. The monoisotopic (exact) mass is 454 g/mol. The number of nitrogens with zero attached hydrogens (tertiary/aromatic N) is 3. The Labute approximate surface area is 192 Å². The van der Waals surface area contributed by atoms with Gasteiger partial charge >= 0.3 is 0 Å². The van der Waals surface area contributed by atoms with Crippen molar-refractivity contribution in [1.82, 2.24) is 4.90 Å². The number of morpholine rings is 1. The molecule has 4 rings (SSSR count). The number of hydrogen-bond donors (Lipinski definition) is 0. The van der Waals surface area contributed by atoms with Crippen LogP contribution in [0.5, 0.6) is 0 Å². The van der Waals surface area contributed by atoms with Gasteiger partial charge in [-0.15, -0.1) is 0 Å².